The number of hydrogen-bond acceptors (Lipinski definition) is 2. The zero-order chi connectivity index (χ0) is 14.5. The van der Waals surface area contributed by atoms with Crippen LogP contribution in [0.2, 0.25) is 0 Å². The molecule has 2 nitrogen and oxygen atoms in total. The molecule has 0 aliphatic heterocycles. The molecular formula is C19H20N2. The van der Waals surface area contributed by atoms with E-state index >= 15 is 0 Å². The van der Waals surface area contributed by atoms with Crippen molar-refractivity contribution in [3.8, 4) is 0 Å². The highest BCUT2D eigenvalue weighted by Crippen LogP contribution is 2.26. The first-order valence-corrected chi connectivity index (χ1v) is 7.35. The predicted octanol–water partition coefficient (Wildman–Crippen LogP) is 3.97. The highest BCUT2D eigenvalue weighted by atomic mass is 15.2. The Morgan fingerprint density at radius 3 is 2.24 bits per heavy atom. The molecule has 1 unspecified atom stereocenters. The van der Waals surface area contributed by atoms with Gasteiger partial charge in [-0.05, 0) is 35.1 Å². The van der Waals surface area contributed by atoms with Gasteiger partial charge < -0.3 is 0 Å². The van der Waals surface area contributed by atoms with Crippen LogP contribution in [0.25, 0.3) is 5.57 Å². The van der Waals surface area contributed by atoms with Gasteiger partial charge in [-0.15, -0.1) is 0 Å². The molecule has 2 aromatic carbocycles. The molecule has 21 heavy (non-hydrogen) atoms. The molecule has 2 aromatic rings. The quantitative estimate of drug-likeness (QED) is 0.655. The average Bonchev–Trinajstić information content (AvgIpc) is 2.58. The van der Waals surface area contributed by atoms with Crippen LogP contribution in [-0.2, 0) is 0 Å². The van der Waals surface area contributed by atoms with Crippen LogP contribution < -0.4 is 11.3 Å². The van der Waals surface area contributed by atoms with E-state index in [9.17, 15) is 0 Å². The first kappa shape index (κ1) is 13.8. The number of hydrazine groups is 1. The normalized spacial score (nSPS) is 15.6. The van der Waals surface area contributed by atoms with Gasteiger partial charge in [0.1, 0.15) is 0 Å². The van der Waals surface area contributed by atoms with Crippen LogP contribution in [0.4, 0.5) is 0 Å². The summed E-state index contributed by atoms with van der Waals surface area (Å²) in [5, 5.41) is 0. The van der Waals surface area contributed by atoms with Crippen molar-refractivity contribution in [3.05, 3.63) is 89.5 Å². The highest BCUT2D eigenvalue weighted by Gasteiger charge is 2.12. The van der Waals surface area contributed by atoms with Crippen molar-refractivity contribution in [3.63, 3.8) is 0 Å². The molecule has 2 heteroatoms. The number of benzene rings is 2. The fourth-order valence-electron chi connectivity index (χ4n) is 2.76. The Kier molecular flexibility index (Phi) is 4.29. The summed E-state index contributed by atoms with van der Waals surface area (Å²) in [4.78, 5) is 0. The largest absolute Gasteiger partial charge is 0.271 e. The lowest BCUT2D eigenvalue weighted by Crippen LogP contribution is -2.28. The van der Waals surface area contributed by atoms with Crippen LogP contribution >= 0.6 is 0 Å². The van der Waals surface area contributed by atoms with Crippen molar-refractivity contribution in [2.45, 2.75) is 18.9 Å². The van der Waals surface area contributed by atoms with Gasteiger partial charge in [-0.2, -0.15) is 0 Å². The van der Waals surface area contributed by atoms with E-state index in [2.05, 4.69) is 60.1 Å². The Bertz CT molecular complexity index is 639. The molecule has 3 rings (SSSR count). The molecule has 1 atom stereocenters. The molecule has 0 bridgehead atoms. The van der Waals surface area contributed by atoms with Crippen LogP contribution in [0.3, 0.4) is 0 Å². The second-order valence-corrected chi connectivity index (χ2v) is 5.29. The maximum atomic E-state index is 5.75. The number of rotatable bonds is 4. The Labute approximate surface area is 126 Å². The summed E-state index contributed by atoms with van der Waals surface area (Å²) >= 11 is 0. The van der Waals surface area contributed by atoms with Gasteiger partial charge in [0.25, 0.3) is 0 Å². The van der Waals surface area contributed by atoms with Crippen molar-refractivity contribution >= 4 is 5.57 Å². The second-order valence-electron chi connectivity index (χ2n) is 5.29. The maximum Gasteiger partial charge on any atom is 0.0710 e. The van der Waals surface area contributed by atoms with Crippen LogP contribution in [0, 0.1) is 0 Å². The number of hydrogen-bond donors (Lipinski definition) is 2. The third kappa shape index (κ3) is 3.13. The van der Waals surface area contributed by atoms with Gasteiger partial charge in [0.15, 0.2) is 0 Å². The molecule has 0 heterocycles. The molecule has 0 amide bonds. The van der Waals surface area contributed by atoms with E-state index < -0.39 is 0 Å². The third-order valence-corrected chi connectivity index (χ3v) is 3.93. The smallest absolute Gasteiger partial charge is 0.0710 e. The minimum atomic E-state index is 0.0282. The van der Waals surface area contributed by atoms with Crippen molar-refractivity contribution in [2.24, 2.45) is 5.84 Å². The van der Waals surface area contributed by atoms with E-state index in [1.807, 2.05) is 18.2 Å². The molecule has 0 radical (unpaired) electrons. The first-order valence-electron chi connectivity index (χ1n) is 7.35. The molecular weight excluding hydrogens is 256 g/mol. The van der Waals surface area contributed by atoms with Gasteiger partial charge in [0.05, 0.1) is 6.04 Å². The predicted molar refractivity (Wildman–Crippen MR) is 88.4 cm³/mol. The first-order chi connectivity index (χ1) is 10.4. The molecule has 106 valence electrons. The number of allylic oxidation sites excluding steroid dienone is 4. The lowest BCUT2D eigenvalue weighted by molar-refractivity contribution is 0.637. The van der Waals surface area contributed by atoms with Gasteiger partial charge in [-0.25, -0.2) is 5.43 Å². The topological polar surface area (TPSA) is 38.0 Å². The molecule has 0 saturated carbocycles. The molecule has 0 spiro atoms. The zero-order valence-electron chi connectivity index (χ0n) is 12.0. The van der Waals surface area contributed by atoms with Crippen molar-refractivity contribution in [1.82, 2.24) is 5.43 Å². The molecule has 1 aliphatic carbocycles. The van der Waals surface area contributed by atoms with E-state index in [-0.39, 0.29) is 6.04 Å². The summed E-state index contributed by atoms with van der Waals surface area (Å²) in [5.41, 5.74) is 7.96. The molecule has 0 aromatic heterocycles. The van der Waals surface area contributed by atoms with Crippen molar-refractivity contribution in [1.29, 1.82) is 0 Å². The van der Waals surface area contributed by atoms with E-state index in [1.165, 1.54) is 22.3 Å². The monoisotopic (exact) mass is 276 g/mol. The standard InChI is InChI=1S/C19H20N2/c20-21-19(17-9-5-2-6-10-17)18-13-11-16(12-14-18)15-7-3-1-4-8-15/h1-3,5-7,9-14,19,21H,4,8,20H2. The minimum absolute atomic E-state index is 0.0282. The van der Waals surface area contributed by atoms with Crippen LogP contribution in [0.5, 0.6) is 0 Å². The Morgan fingerprint density at radius 1 is 0.905 bits per heavy atom. The van der Waals surface area contributed by atoms with Gasteiger partial charge in [-0.1, -0.05) is 72.8 Å². The van der Waals surface area contributed by atoms with Crippen LogP contribution in [-0.4, -0.2) is 0 Å². The van der Waals surface area contributed by atoms with Crippen LogP contribution in [0.15, 0.2) is 72.8 Å². The Balaban J connectivity index is 1.86. The molecule has 3 N–H and O–H groups in total. The summed E-state index contributed by atoms with van der Waals surface area (Å²) in [7, 11) is 0. The van der Waals surface area contributed by atoms with Crippen LogP contribution in [0.1, 0.15) is 35.6 Å². The zero-order valence-corrected chi connectivity index (χ0v) is 12.0. The lowest BCUT2D eigenvalue weighted by Gasteiger charge is -2.18. The lowest BCUT2D eigenvalue weighted by atomic mass is 9.94. The summed E-state index contributed by atoms with van der Waals surface area (Å²) in [5.74, 6) is 5.75. The number of nitrogens with two attached hydrogens (primary N) is 1. The summed E-state index contributed by atoms with van der Waals surface area (Å²) in [6, 6.07) is 19.0. The van der Waals surface area contributed by atoms with Gasteiger partial charge in [0, 0.05) is 0 Å². The van der Waals surface area contributed by atoms with E-state index in [0.29, 0.717) is 0 Å². The Hall–Kier alpha value is -2.16. The summed E-state index contributed by atoms with van der Waals surface area (Å²) < 4.78 is 0. The summed E-state index contributed by atoms with van der Waals surface area (Å²) in [6.45, 7) is 0. The van der Waals surface area contributed by atoms with E-state index in [4.69, 9.17) is 5.84 Å². The summed E-state index contributed by atoms with van der Waals surface area (Å²) in [6.07, 6.45) is 8.80. The fraction of sp³-hybridized carbons (Fsp3) is 0.158. The van der Waals surface area contributed by atoms with Crippen molar-refractivity contribution in [2.75, 3.05) is 0 Å². The maximum absolute atomic E-state index is 5.75. The SMILES string of the molecule is NNC(c1ccccc1)c1ccc(C2=CC=CCC2)cc1. The molecule has 0 saturated heterocycles. The van der Waals surface area contributed by atoms with Gasteiger partial charge in [0.2, 0.25) is 0 Å². The highest BCUT2D eigenvalue weighted by molar-refractivity contribution is 5.68. The number of nitrogens with one attached hydrogen (secondary N) is 1. The third-order valence-electron chi connectivity index (χ3n) is 3.93. The van der Waals surface area contributed by atoms with Gasteiger partial charge >= 0.3 is 0 Å². The second kappa shape index (κ2) is 6.53. The minimum Gasteiger partial charge on any atom is -0.271 e. The van der Waals surface area contributed by atoms with Gasteiger partial charge in [-0.3, -0.25) is 5.84 Å². The van der Waals surface area contributed by atoms with E-state index in [0.717, 1.165) is 12.8 Å². The molecule has 1 aliphatic rings. The van der Waals surface area contributed by atoms with Crippen molar-refractivity contribution < 1.29 is 0 Å². The van der Waals surface area contributed by atoms with E-state index in [1.54, 1.807) is 0 Å². The molecule has 0 fully saturated rings. The Morgan fingerprint density at radius 2 is 1.62 bits per heavy atom. The average molecular weight is 276 g/mol. The fourth-order valence-corrected chi connectivity index (χ4v) is 2.76.